The molecule has 2 rings (SSSR count). The van der Waals surface area contributed by atoms with Gasteiger partial charge in [-0.05, 0) is 0 Å². The molecule has 2 aliphatic rings. The molecule has 0 spiro atoms. The van der Waals surface area contributed by atoms with E-state index in [1.54, 1.807) is 0 Å². The van der Waals surface area contributed by atoms with Crippen LogP contribution in [0.25, 0.3) is 0 Å². The van der Waals surface area contributed by atoms with E-state index in [0.717, 1.165) is 27.7 Å². The van der Waals surface area contributed by atoms with Crippen molar-refractivity contribution in [2.45, 2.75) is 64.5 Å². The number of rotatable bonds is 8. The quantitative estimate of drug-likeness (QED) is 0.350. The van der Waals surface area contributed by atoms with E-state index in [9.17, 15) is 24.0 Å². The van der Waals surface area contributed by atoms with Gasteiger partial charge in [-0.15, -0.1) is 0 Å². The fraction of sp³-hybridized carbons (Fsp3) is 0.722. The summed E-state index contributed by atoms with van der Waals surface area (Å²) in [6.45, 7) is 3.85. The standard InChI is InChI=1S/C18H24O13/c1-8(19)24-7-13-14(27-9(2)20)15(28-10(3)21)16(29-11(4)22)17(31-13)25-5-12-6-26-18(23)30-12/h12-17H,5-7H2,1-4H3/t12?,13?,14-,15-,16?,17+/m0/s1. The molecule has 0 N–H and O–H groups in total. The van der Waals surface area contributed by atoms with Gasteiger partial charge in [0.25, 0.3) is 0 Å². The fourth-order valence-electron chi connectivity index (χ4n) is 2.97. The molecule has 3 unspecified atom stereocenters. The zero-order valence-corrected chi connectivity index (χ0v) is 17.4. The molecule has 0 amide bonds. The second kappa shape index (κ2) is 10.9. The first-order chi connectivity index (χ1) is 14.6. The second-order valence-electron chi connectivity index (χ2n) is 6.70. The number of cyclic esters (lactones) is 2. The van der Waals surface area contributed by atoms with E-state index < -0.39 is 66.8 Å². The normalized spacial score (nSPS) is 29.9. The molecule has 0 radical (unpaired) electrons. The highest BCUT2D eigenvalue weighted by atomic mass is 16.8. The van der Waals surface area contributed by atoms with Crippen molar-refractivity contribution < 1.29 is 61.9 Å². The third kappa shape index (κ3) is 7.36. The van der Waals surface area contributed by atoms with Crippen molar-refractivity contribution in [3.05, 3.63) is 0 Å². The Kier molecular flexibility index (Phi) is 8.56. The first kappa shape index (κ1) is 24.3. The Morgan fingerprint density at radius 2 is 1.42 bits per heavy atom. The monoisotopic (exact) mass is 448 g/mol. The van der Waals surface area contributed by atoms with Crippen LogP contribution < -0.4 is 0 Å². The van der Waals surface area contributed by atoms with E-state index in [1.807, 2.05) is 0 Å². The molecule has 2 heterocycles. The Balaban J connectivity index is 2.29. The smallest absolute Gasteiger partial charge is 0.463 e. The molecule has 2 aliphatic heterocycles. The molecule has 6 atom stereocenters. The highest BCUT2D eigenvalue weighted by Gasteiger charge is 2.53. The SMILES string of the molecule is CC(=O)OCC1O[C@@H](OCC2COC(=O)O2)C(OC(C)=O)[C@@H](OC(C)=O)[C@H]1OC(C)=O. The van der Waals surface area contributed by atoms with Crippen LogP contribution in [0.1, 0.15) is 27.7 Å². The lowest BCUT2D eigenvalue weighted by atomic mass is 9.98. The largest absolute Gasteiger partial charge is 0.508 e. The second-order valence-corrected chi connectivity index (χ2v) is 6.70. The van der Waals surface area contributed by atoms with Crippen LogP contribution in [0.2, 0.25) is 0 Å². The predicted octanol–water partition coefficient (Wildman–Crippen LogP) is -0.378. The molecular weight excluding hydrogens is 424 g/mol. The topological polar surface area (TPSA) is 159 Å². The van der Waals surface area contributed by atoms with Crippen molar-refractivity contribution >= 4 is 30.0 Å². The molecule has 0 saturated carbocycles. The summed E-state index contributed by atoms with van der Waals surface area (Å²) in [6, 6.07) is 0. The van der Waals surface area contributed by atoms with Gasteiger partial charge in [0.15, 0.2) is 30.7 Å². The van der Waals surface area contributed by atoms with E-state index in [-0.39, 0.29) is 19.8 Å². The number of hydrogen-bond acceptors (Lipinski definition) is 13. The molecule has 174 valence electrons. The summed E-state index contributed by atoms with van der Waals surface area (Å²) >= 11 is 0. The molecular formula is C18H24O13. The predicted molar refractivity (Wildman–Crippen MR) is 94.1 cm³/mol. The van der Waals surface area contributed by atoms with Crippen molar-refractivity contribution in [1.82, 2.24) is 0 Å². The maximum absolute atomic E-state index is 11.7. The summed E-state index contributed by atoms with van der Waals surface area (Å²) in [5.74, 6) is -2.89. The molecule has 0 bridgehead atoms. The molecule has 0 aromatic rings. The minimum atomic E-state index is -1.35. The number of esters is 4. The third-order valence-electron chi connectivity index (χ3n) is 4.04. The van der Waals surface area contributed by atoms with Crippen LogP contribution in [0.5, 0.6) is 0 Å². The Bertz CT molecular complexity index is 705. The van der Waals surface area contributed by atoms with Crippen molar-refractivity contribution in [3.8, 4) is 0 Å². The molecule has 13 nitrogen and oxygen atoms in total. The minimum absolute atomic E-state index is 0.0654. The van der Waals surface area contributed by atoms with Crippen molar-refractivity contribution in [3.63, 3.8) is 0 Å². The highest BCUT2D eigenvalue weighted by Crippen LogP contribution is 2.30. The maximum Gasteiger partial charge on any atom is 0.508 e. The summed E-state index contributed by atoms with van der Waals surface area (Å²) in [6.07, 6.45) is -8.06. The number of carbonyl (C=O) groups is 5. The van der Waals surface area contributed by atoms with E-state index in [4.69, 9.17) is 33.2 Å². The van der Waals surface area contributed by atoms with E-state index in [1.165, 1.54) is 0 Å². The Morgan fingerprint density at radius 1 is 0.839 bits per heavy atom. The lowest BCUT2D eigenvalue weighted by Gasteiger charge is -2.44. The van der Waals surface area contributed by atoms with Crippen molar-refractivity contribution in [2.24, 2.45) is 0 Å². The number of ether oxygens (including phenoxy) is 8. The molecule has 2 saturated heterocycles. The van der Waals surface area contributed by atoms with E-state index in [0.29, 0.717) is 0 Å². The zero-order valence-electron chi connectivity index (χ0n) is 17.4. The van der Waals surface area contributed by atoms with Crippen LogP contribution in [-0.4, -0.2) is 86.7 Å². The van der Waals surface area contributed by atoms with Crippen LogP contribution in [0.4, 0.5) is 4.79 Å². The third-order valence-corrected chi connectivity index (χ3v) is 4.04. The fourth-order valence-corrected chi connectivity index (χ4v) is 2.97. The maximum atomic E-state index is 11.7. The van der Waals surface area contributed by atoms with E-state index in [2.05, 4.69) is 4.74 Å². The van der Waals surface area contributed by atoms with Crippen molar-refractivity contribution in [2.75, 3.05) is 19.8 Å². The van der Waals surface area contributed by atoms with Crippen LogP contribution >= 0.6 is 0 Å². The van der Waals surface area contributed by atoms with Crippen LogP contribution in [0, 0.1) is 0 Å². The molecule has 0 aromatic heterocycles. The average molecular weight is 448 g/mol. The van der Waals surface area contributed by atoms with Gasteiger partial charge >= 0.3 is 30.0 Å². The first-order valence-electron chi connectivity index (χ1n) is 9.32. The van der Waals surface area contributed by atoms with Crippen molar-refractivity contribution in [1.29, 1.82) is 0 Å². The van der Waals surface area contributed by atoms with Gasteiger partial charge in [-0.3, -0.25) is 19.2 Å². The zero-order chi connectivity index (χ0) is 23.1. The van der Waals surface area contributed by atoms with E-state index >= 15 is 0 Å². The minimum Gasteiger partial charge on any atom is -0.463 e. The lowest BCUT2D eigenvalue weighted by molar-refractivity contribution is -0.310. The first-order valence-corrected chi connectivity index (χ1v) is 9.32. The van der Waals surface area contributed by atoms with Gasteiger partial charge in [0.05, 0.1) is 6.61 Å². The summed E-state index contributed by atoms with van der Waals surface area (Å²) in [5.41, 5.74) is 0. The van der Waals surface area contributed by atoms with Gasteiger partial charge < -0.3 is 37.9 Å². The Morgan fingerprint density at radius 3 is 1.94 bits per heavy atom. The lowest BCUT2D eigenvalue weighted by Crippen LogP contribution is -2.63. The molecule has 0 aromatic carbocycles. The van der Waals surface area contributed by atoms with Crippen LogP contribution in [0.3, 0.4) is 0 Å². The molecule has 2 fully saturated rings. The number of hydrogen-bond donors (Lipinski definition) is 0. The van der Waals surface area contributed by atoms with Gasteiger partial charge in [0, 0.05) is 27.7 Å². The Labute approximate surface area is 177 Å². The highest BCUT2D eigenvalue weighted by molar-refractivity contribution is 5.68. The van der Waals surface area contributed by atoms with Crippen LogP contribution in [0.15, 0.2) is 0 Å². The van der Waals surface area contributed by atoms with Gasteiger partial charge in [0.2, 0.25) is 0 Å². The van der Waals surface area contributed by atoms with Gasteiger partial charge in [-0.25, -0.2) is 4.79 Å². The average Bonchev–Trinajstić information content (AvgIpc) is 3.06. The number of carbonyl (C=O) groups excluding carboxylic acids is 5. The summed E-state index contributed by atoms with van der Waals surface area (Å²) in [5, 5.41) is 0. The van der Waals surface area contributed by atoms with Gasteiger partial charge in [-0.1, -0.05) is 0 Å². The Hall–Kier alpha value is -2.93. The van der Waals surface area contributed by atoms with Crippen LogP contribution in [-0.2, 0) is 57.1 Å². The van der Waals surface area contributed by atoms with Gasteiger partial charge in [0.1, 0.15) is 19.3 Å². The summed E-state index contributed by atoms with van der Waals surface area (Å²) in [4.78, 5) is 57.4. The van der Waals surface area contributed by atoms with Gasteiger partial charge in [-0.2, -0.15) is 0 Å². The summed E-state index contributed by atoms with van der Waals surface area (Å²) in [7, 11) is 0. The molecule has 13 heteroatoms. The molecule has 31 heavy (non-hydrogen) atoms. The molecule has 0 aliphatic carbocycles. The summed E-state index contributed by atoms with van der Waals surface area (Å²) < 4.78 is 41.6.